The summed E-state index contributed by atoms with van der Waals surface area (Å²) in [6.07, 6.45) is 5.57. The van der Waals surface area contributed by atoms with Gasteiger partial charge in [0.15, 0.2) is 0 Å². The van der Waals surface area contributed by atoms with E-state index in [1.807, 2.05) is 0 Å². The van der Waals surface area contributed by atoms with E-state index in [0.29, 0.717) is 5.41 Å². The molecule has 0 spiro atoms. The Morgan fingerprint density at radius 3 is 2.74 bits per heavy atom. The van der Waals surface area contributed by atoms with Crippen molar-refractivity contribution in [2.24, 2.45) is 17.3 Å². The number of fused-ring (bicyclic) bond motifs is 1. The molecule has 1 heterocycles. The zero-order chi connectivity index (χ0) is 13.5. The summed E-state index contributed by atoms with van der Waals surface area (Å²) < 4.78 is 2.20. The number of rotatable bonds is 6. The molecule has 2 unspecified atom stereocenters. The van der Waals surface area contributed by atoms with Crippen LogP contribution in [0.2, 0.25) is 0 Å². The number of aromatic nitrogens is 2. The topological polar surface area (TPSA) is 29.9 Å². The number of aryl methyl sites for hydroxylation is 2. The molecule has 0 aliphatic heterocycles. The quantitative estimate of drug-likeness (QED) is 0.853. The normalized spacial score (nSPS) is 32.6. The first kappa shape index (κ1) is 13.2. The molecule has 2 atom stereocenters. The number of hydrogen-bond donors (Lipinski definition) is 1. The van der Waals surface area contributed by atoms with E-state index < -0.39 is 0 Å². The molecule has 3 nitrogen and oxygen atoms in total. The van der Waals surface area contributed by atoms with Gasteiger partial charge in [-0.1, -0.05) is 6.92 Å². The molecule has 2 aliphatic rings. The van der Waals surface area contributed by atoms with Crippen molar-refractivity contribution in [1.82, 2.24) is 15.1 Å². The van der Waals surface area contributed by atoms with E-state index in [1.54, 1.807) is 0 Å². The largest absolute Gasteiger partial charge is 0.316 e. The van der Waals surface area contributed by atoms with Gasteiger partial charge in [-0.25, -0.2) is 0 Å². The molecule has 19 heavy (non-hydrogen) atoms. The van der Waals surface area contributed by atoms with Crippen LogP contribution in [0.1, 0.15) is 44.5 Å². The fourth-order valence-electron chi connectivity index (χ4n) is 4.15. The van der Waals surface area contributed by atoms with Gasteiger partial charge in [-0.2, -0.15) is 5.10 Å². The van der Waals surface area contributed by atoms with Crippen molar-refractivity contribution in [1.29, 1.82) is 0 Å². The Morgan fingerprint density at radius 2 is 2.11 bits per heavy atom. The lowest BCUT2D eigenvalue weighted by Crippen LogP contribution is -2.35. The van der Waals surface area contributed by atoms with Gasteiger partial charge in [0.1, 0.15) is 0 Å². The highest BCUT2D eigenvalue weighted by molar-refractivity contribution is 5.15. The average Bonchev–Trinajstić information content (AvgIpc) is 2.84. The van der Waals surface area contributed by atoms with E-state index in [9.17, 15) is 0 Å². The van der Waals surface area contributed by atoms with Crippen LogP contribution in [0.3, 0.4) is 0 Å². The van der Waals surface area contributed by atoms with Gasteiger partial charge in [0.05, 0.1) is 5.69 Å². The highest BCUT2D eigenvalue weighted by atomic mass is 15.3. The Labute approximate surface area is 116 Å². The van der Waals surface area contributed by atoms with Gasteiger partial charge in [-0.15, -0.1) is 0 Å². The highest BCUT2D eigenvalue weighted by Crippen LogP contribution is 2.60. The molecule has 0 amide bonds. The van der Waals surface area contributed by atoms with Gasteiger partial charge in [0.2, 0.25) is 0 Å². The van der Waals surface area contributed by atoms with Crippen LogP contribution in [0.25, 0.3) is 0 Å². The second-order valence-electron chi connectivity index (χ2n) is 6.71. The predicted molar refractivity (Wildman–Crippen MR) is 78.1 cm³/mol. The van der Waals surface area contributed by atoms with Crippen molar-refractivity contribution in [2.45, 2.75) is 53.0 Å². The summed E-state index contributed by atoms with van der Waals surface area (Å²) in [7, 11) is 0. The summed E-state index contributed by atoms with van der Waals surface area (Å²) in [5.41, 5.74) is 3.11. The standard InChI is InChI=1S/C16H27N3/c1-4-17-11-16(8-13-7-14(13)9-16)10-15-6-12(3)18-19(15)5-2/h6,13-14,17H,4-5,7-11H2,1-3H3. The van der Waals surface area contributed by atoms with E-state index in [4.69, 9.17) is 0 Å². The van der Waals surface area contributed by atoms with Crippen LogP contribution in [-0.2, 0) is 13.0 Å². The smallest absolute Gasteiger partial charge is 0.0596 e. The monoisotopic (exact) mass is 261 g/mol. The van der Waals surface area contributed by atoms with Crippen molar-refractivity contribution >= 4 is 0 Å². The summed E-state index contributed by atoms with van der Waals surface area (Å²) in [5.74, 6) is 2.08. The predicted octanol–water partition coefficient (Wildman–Crippen LogP) is 2.78. The van der Waals surface area contributed by atoms with Crippen molar-refractivity contribution in [3.63, 3.8) is 0 Å². The Bertz CT molecular complexity index is 439. The molecule has 0 saturated heterocycles. The number of hydrogen-bond acceptors (Lipinski definition) is 2. The lowest BCUT2D eigenvalue weighted by molar-refractivity contribution is 0.244. The molecule has 0 aromatic carbocycles. The van der Waals surface area contributed by atoms with Crippen LogP contribution in [-0.4, -0.2) is 22.9 Å². The lowest BCUT2D eigenvalue weighted by Gasteiger charge is -2.31. The van der Waals surface area contributed by atoms with Crippen molar-refractivity contribution in [3.8, 4) is 0 Å². The molecule has 106 valence electrons. The van der Waals surface area contributed by atoms with Crippen molar-refractivity contribution in [2.75, 3.05) is 13.1 Å². The third kappa shape index (κ3) is 2.58. The van der Waals surface area contributed by atoms with E-state index in [2.05, 4.69) is 41.9 Å². The maximum absolute atomic E-state index is 4.61. The molecule has 0 bridgehead atoms. The van der Waals surface area contributed by atoms with Crippen molar-refractivity contribution in [3.05, 3.63) is 17.5 Å². The SMILES string of the molecule is CCNCC1(Cc2cc(C)nn2CC)CC2CC2C1. The molecule has 2 aliphatic carbocycles. The van der Waals surface area contributed by atoms with E-state index in [0.717, 1.165) is 24.9 Å². The molecule has 1 aromatic heterocycles. The second-order valence-corrected chi connectivity index (χ2v) is 6.71. The van der Waals surface area contributed by atoms with Gasteiger partial charge in [-0.3, -0.25) is 4.68 Å². The summed E-state index contributed by atoms with van der Waals surface area (Å²) in [6, 6.07) is 2.29. The maximum Gasteiger partial charge on any atom is 0.0596 e. The van der Waals surface area contributed by atoms with E-state index in [-0.39, 0.29) is 0 Å². The Morgan fingerprint density at radius 1 is 1.37 bits per heavy atom. The Hall–Kier alpha value is -0.830. The molecular weight excluding hydrogens is 234 g/mol. The molecule has 3 rings (SSSR count). The van der Waals surface area contributed by atoms with Crippen LogP contribution < -0.4 is 5.32 Å². The summed E-state index contributed by atoms with van der Waals surface area (Å²) in [4.78, 5) is 0. The Kier molecular flexibility index (Phi) is 3.42. The van der Waals surface area contributed by atoms with Gasteiger partial charge < -0.3 is 5.32 Å². The van der Waals surface area contributed by atoms with Crippen LogP contribution >= 0.6 is 0 Å². The van der Waals surface area contributed by atoms with Gasteiger partial charge >= 0.3 is 0 Å². The first-order valence-corrected chi connectivity index (χ1v) is 7.90. The molecule has 3 heteroatoms. The lowest BCUT2D eigenvalue weighted by atomic mass is 9.78. The number of nitrogens with zero attached hydrogens (tertiary/aromatic N) is 2. The first-order valence-electron chi connectivity index (χ1n) is 7.90. The summed E-state index contributed by atoms with van der Waals surface area (Å²) in [6.45, 7) is 9.78. The van der Waals surface area contributed by atoms with Gasteiger partial charge in [-0.05, 0) is 69.4 Å². The van der Waals surface area contributed by atoms with Crippen LogP contribution in [0, 0.1) is 24.2 Å². The minimum absolute atomic E-state index is 0.503. The third-order valence-electron chi connectivity index (χ3n) is 5.05. The van der Waals surface area contributed by atoms with Crippen LogP contribution in [0.5, 0.6) is 0 Å². The minimum atomic E-state index is 0.503. The molecule has 0 radical (unpaired) electrons. The van der Waals surface area contributed by atoms with Gasteiger partial charge in [0.25, 0.3) is 0 Å². The minimum Gasteiger partial charge on any atom is -0.316 e. The zero-order valence-electron chi connectivity index (χ0n) is 12.6. The van der Waals surface area contributed by atoms with Crippen LogP contribution in [0.4, 0.5) is 0 Å². The fraction of sp³-hybridized carbons (Fsp3) is 0.812. The number of nitrogens with one attached hydrogen (secondary N) is 1. The van der Waals surface area contributed by atoms with Crippen LogP contribution in [0.15, 0.2) is 6.07 Å². The third-order valence-corrected chi connectivity index (χ3v) is 5.05. The van der Waals surface area contributed by atoms with Gasteiger partial charge in [0, 0.05) is 18.8 Å². The van der Waals surface area contributed by atoms with Crippen molar-refractivity contribution < 1.29 is 0 Å². The fourth-order valence-corrected chi connectivity index (χ4v) is 4.15. The summed E-state index contributed by atoms with van der Waals surface area (Å²) in [5, 5.41) is 8.22. The maximum atomic E-state index is 4.61. The molecule has 1 aromatic rings. The first-order chi connectivity index (χ1) is 9.15. The molecule has 2 fully saturated rings. The molecule has 1 N–H and O–H groups in total. The summed E-state index contributed by atoms with van der Waals surface area (Å²) >= 11 is 0. The molecule has 2 saturated carbocycles. The Balaban J connectivity index is 1.76. The van der Waals surface area contributed by atoms with E-state index in [1.165, 1.54) is 43.6 Å². The highest BCUT2D eigenvalue weighted by Gasteiger charge is 2.53. The second kappa shape index (κ2) is 4.93. The average molecular weight is 261 g/mol. The zero-order valence-corrected chi connectivity index (χ0v) is 12.6. The van der Waals surface area contributed by atoms with E-state index >= 15 is 0 Å². The molecular formula is C16H27N3.